The molecule has 2 fully saturated rings. The first-order valence-electron chi connectivity index (χ1n) is 8.78. The molecule has 2 aliphatic rings. The highest BCUT2D eigenvalue weighted by atomic mass is 32.2. The molecular weight excluding hydrogens is 358 g/mol. The van der Waals surface area contributed by atoms with E-state index in [0.717, 1.165) is 36.4 Å². The molecule has 1 atom stereocenters. The Kier molecular flexibility index (Phi) is 5.98. The summed E-state index contributed by atoms with van der Waals surface area (Å²) in [6.07, 6.45) is 6.54. The predicted octanol–water partition coefficient (Wildman–Crippen LogP) is 1.08. The smallest absolute Gasteiger partial charge is 0.247 e. The SMILES string of the molecule is CN=C(NCc1ccc(S(N)(=O)=O)s1)NC1CCN(C2CCCC2)C1. The van der Waals surface area contributed by atoms with Crippen molar-refractivity contribution in [3.63, 3.8) is 0 Å². The fourth-order valence-corrected chi connectivity index (χ4v) is 5.39. The van der Waals surface area contributed by atoms with E-state index in [1.165, 1.54) is 37.0 Å². The summed E-state index contributed by atoms with van der Waals surface area (Å²) in [4.78, 5) is 7.80. The standard InChI is InChI=1S/C16H27N5O2S2/c1-18-16(19-10-14-6-7-15(24-14)25(17,22)23)20-12-8-9-21(11-12)13-4-2-3-5-13/h6-7,12-13H,2-5,8-11H2,1H3,(H2,17,22,23)(H2,18,19,20). The Bertz CT molecular complexity index is 710. The second kappa shape index (κ2) is 8.03. The van der Waals surface area contributed by atoms with Crippen molar-refractivity contribution in [1.82, 2.24) is 15.5 Å². The first-order chi connectivity index (χ1) is 12.0. The van der Waals surface area contributed by atoms with Gasteiger partial charge in [-0.25, -0.2) is 13.6 Å². The molecular formula is C16H27N5O2S2. The van der Waals surface area contributed by atoms with Gasteiger partial charge in [-0.1, -0.05) is 12.8 Å². The molecule has 3 rings (SSSR count). The van der Waals surface area contributed by atoms with Crippen molar-refractivity contribution in [2.24, 2.45) is 10.1 Å². The maximum atomic E-state index is 11.3. The summed E-state index contributed by atoms with van der Waals surface area (Å²) in [6.45, 7) is 2.75. The first kappa shape index (κ1) is 18.6. The molecule has 7 nitrogen and oxygen atoms in total. The van der Waals surface area contributed by atoms with Crippen LogP contribution in [0.15, 0.2) is 21.3 Å². The molecule has 4 N–H and O–H groups in total. The molecule has 25 heavy (non-hydrogen) atoms. The van der Waals surface area contributed by atoms with Crippen molar-refractivity contribution in [1.29, 1.82) is 0 Å². The van der Waals surface area contributed by atoms with Gasteiger partial charge in [0.05, 0.1) is 6.54 Å². The van der Waals surface area contributed by atoms with Crippen LogP contribution in [0.4, 0.5) is 0 Å². The fourth-order valence-electron chi connectivity index (χ4n) is 3.67. The number of primary sulfonamides is 1. The Morgan fingerprint density at radius 2 is 2.12 bits per heavy atom. The van der Waals surface area contributed by atoms with E-state index in [1.54, 1.807) is 19.2 Å². The van der Waals surface area contributed by atoms with Gasteiger partial charge in [0.15, 0.2) is 5.96 Å². The van der Waals surface area contributed by atoms with Gasteiger partial charge in [0, 0.05) is 37.1 Å². The van der Waals surface area contributed by atoms with E-state index in [-0.39, 0.29) is 4.21 Å². The molecule has 0 bridgehead atoms. The van der Waals surface area contributed by atoms with E-state index in [0.29, 0.717) is 12.6 Å². The molecule has 0 spiro atoms. The van der Waals surface area contributed by atoms with Crippen LogP contribution >= 0.6 is 11.3 Å². The lowest BCUT2D eigenvalue weighted by atomic mass is 10.2. The van der Waals surface area contributed by atoms with Gasteiger partial charge in [0.25, 0.3) is 0 Å². The second-order valence-corrected chi connectivity index (χ2v) is 9.71. The summed E-state index contributed by atoms with van der Waals surface area (Å²) >= 11 is 1.19. The quantitative estimate of drug-likeness (QED) is 0.520. The molecule has 1 aromatic heterocycles. The zero-order valence-corrected chi connectivity index (χ0v) is 16.2. The van der Waals surface area contributed by atoms with Crippen molar-refractivity contribution < 1.29 is 8.42 Å². The van der Waals surface area contributed by atoms with Gasteiger partial charge in [-0.2, -0.15) is 0 Å². The zero-order chi connectivity index (χ0) is 17.9. The van der Waals surface area contributed by atoms with Crippen LogP contribution in [0, 0.1) is 0 Å². The third-order valence-electron chi connectivity index (χ3n) is 4.97. The Balaban J connectivity index is 1.48. The molecule has 1 saturated carbocycles. The normalized spacial score (nSPS) is 23.3. The minimum atomic E-state index is -3.62. The largest absolute Gasteiger partial charge is 0.352 e. The number of nitrogens with two attached hydrogens (primary N) is 1. The number of guanidine groups is 1. The van der Waals surface area contributed by atoms with Gasteiger partial charge >= 0.3 is 0 Å². The molecule has 2 heterocycles. The molecule has 1 aromatic rings. The minimum Gasteiger partial charge on any atom is -0.352 e. The number of nitrogens with zero attached hydrogens (tertiary/aromatic N) is 2. The highest BCUT2D eigenvalue weighted by molar-refractivity contribution is 7.91. The molecule has 1 aliphatic heterocycles. The van der Waals surface area contributed by atoms with E-state index in [1.807, 2.05) is 0 Å². The van der Waals surface area contributed by atoms with Crippen LogP contribution in [0.5, 0.6) is 0 Å². The lowest BCUT2D eigenvalue weighted by Gasteiger charge is -2.24. The summed E-state index contributed by atoms with van der Waals surface area (Å²) in [6, 6.07) is 4.51. The number of rotatable bonds is 5. The van der Waals surface area contributed by atoms with Gasteiger partial charge < -0.3 is 10.6 Å². The van der Waals surface area contributed by atoms with E-state index in [9.17, 15) is 8.42 Å². The molecule has 0 amide bonds. The highest BCUT2D eigenvalue weighted by Crippen LogP contribution is 2.26. The lowest BCUT2D eigenvalue weighted by molar-refractivity contribution is 0.242. The van der Waals surface area contributed by atoms with Gasteiger partial charge in [0.1, 0.15) is 4.21 Å². The molecule has 1 saturated heterocycles. The van der Waals surface area contributed by atoms with Crippen LogP contribution in [0.25, 0.3) is 0 Å². The van der Waals surface area contributed by atoms with Crippen LogP contribution in [0.2, 0.25) is 0 Å². The average molecular weight is 386 g/mol. The van der Waals surface area contributed by atoms with E-state index in [4.69, 9.17) is 5.14 Å². The van der Waals surface area contributed by atoms with Gasteiger partial charge in [-0.3, -0.25) is 9.89 Å². The molecule has 1 unspecified atom stereocenters. The first-order valence-corrected chi connectivity index (χ1v) is 11.1. The number of thiophene rings is 1. The van der Waals surface area contributed by atoms with Crippen LogP contribution in [0.3, 0.4) is 0 Å². The van der Waals surface area contributed by atoms with Crippen molar-refractivity contribution in [2.75, 3.05) is 20.1 Å². The van der Waals surface area contributed by atoms with Crippen molar-refractivity contribution in [3.05, 3.63) is 17.0 Å². The Morgan fingerprint density at radius 1 is 1.36 bits per heavy atom. The molecule has 0 aromatic carbocycles. The summed E-state index contributed by atoms with van der Waals surface area (Å²) in [5, 5.41) is 11.9. The monoisotopic (exact) mass is 385 g/mol. The fraction of sp³-hybridized carbons (Fsp3) is 0.688. The van der Waals surface area contributed by atoms with E-state index in [2.05, 4.69) is 20.5 Å². The number of sulfonamides is 1. The number of hydrogen-bond acceptors (Lipinski definition) is 5. The third kappa shape index (κ3) is 4.93. The van der Waals surface area contributed by atoms with Gasteiger partial charge in [-0.15, -0.1) is 11.3 Å². The number of hydrogen-bond donors (Lipinski definition) is 3. The second-order valence-electron chi connectivity index (χ2n) is 6.75. The molecule has 0 radical (unpaired) electrons. The highest BCUT2D eigenvalue weighted by Gasteiger charge is 2.30. The third-order valence-corrected chi connectivity index (χ3v) is 7.50. The number of likely N-dealkylation sites (tertiary alicyclic amines) is 1. The number of nitrogens with one attached hydrogen (secondary N) is 2. The van der Waals surface area contributed by atoms with Crippen LogP contribution in [-0.2, 0) is 16.6 Å². The summed E-state index contributed by atoms with van der Waals surface area (Å²) in [5.41, 5.74) is 0. The molecule has 140 valence electrons. The van der Waals surface area contributed by atoms with Crippen molar-refractivity contribution in [2.45, 2.75) is 54.9 Å². The molecule has 1 aliphatic carbocycles. The summed E-state index contributed by atoms with van der Waals surface area (Å²) in [5.74, 6) is 0.754. The van der Waals surface area contributed by atoms with Gasteiger partial charge in [0.2, 0.25) is 10.0 Å². The Labute approximate surface area is 153 Å². The van der Waals surface area contributed by atoms with E-state index < -0.39 is 10.0 Å². The minimum absolute atomic E-state index is 0.190. The maximum absolute atomic E-state index is 11.3. The lowest BCUT2D eigenvalue weighted by Crippen LogP contribution is -2.44. The molecule has 9 heteroatoms. The van der Waals surface area contributed by atoms with Crippen molar-refractivity contribution >= 4 is 27.3 Å². The van der Waals surface area contributed by atoms with Crippen LogP contribution in [-0.4, -0.2) is 51.5 Å². The average Bonchev–Trinajstić information content (AvgIpc) is 3.30. The Morgan fingerprint density at radius 3 is 2.76 bits per heavy atom. The van der Waals surface area contributed by atoms with E-state index >= 15 is 0 Å². The topological polar surface area (TPSA) is 99.8 Å². The predicted molar refractivity (Wildman–Crippen MR) is 101 cm³/mol. The zero-order valence-electron chi connectivity index (χ0n) is 14.6. The number of aliphatic imine (C=N–C) groups is 1. The summed E-state index contributed by atoms with van der Waals surface area (Å²) in [7, 11) is -1.87. The van der Waals surface area contributed by atoms with Crippen molar-refractivity contribution in [3.8, 4) is 0 Å². The Hall–Kier alpha value is -1.16. The van der Waals surface area contributed by atoms with Crippen LogP contribution in [0.1, 0.15) is 37.0 Å². The van der Waals surface area contributed by atoms with Crippen LogP contribution < -0.4 is 15.8 Å². The van der Waals surface area contributed by atoms with Gasteiger partial charge in [-0.05, 0) is 31.4 Å². The summed E-state index contributed by atoms with van der Waals surface area (Å²) < 4.78 is 22.9. The maximum Gasteiger partial charge on any atom is 0.247 e.